The van der Waals surface area contributed by atoms with Gasteiger partial charge in [0, 0.05) is 18.7 Å². The second kappa shape index (κ2) is 8.69. The maximum Gasteiger partial charge on any atom is 0.277 e. The minimum Gasteiger partial charge on any atom is -0.494 e. The standard InChI is InChI=1S/C22H23N3O3S/c1-3-27-19-10-8-17(9-11-19)20-23-24-22(28-20)29-15(2)21(26)25-13-12-16-6-4-5-7-18(16)14-25/h4-11,15H,3,12-14H2,1-2H3/t15-/m1/s1. The summed E-state index contributed by atoms with van der Waals surface area (Å²) in [5.41, 5.74) is 3.37. The average molecular weight is 410 g/mol. The van der Waals surface area contributed by atoms with Gasteiger partial charge in [0.2, 0.25) is 11.8 Å². The smallest absolute Gasteiger partial charge is 0.277 e. The SMILES string of the molecule is CCOc1ccc(-c2nnc(S[C@H](C)C(=O)N3CCc4ccccc4C3)o2)cc1. The van der Waals surface area contributed by atoms with Crippen molar-refractivity contribution in [2.24, 2.45) is 0 Å². The molecule has 1 atom stereocenters. The van der Waals surface area contributed by atoms with Crippen LogP contribution in [0.25, 0.3) is 11.5 Å². The van der Waals surface area contributed by atoms with Crippen LogP contribution in [0.5, 0.6) is 5.75 Å². The summed E-state index contributed by atoms with van der Waals surface area (Å²) in [6.07, 6.45) is 0.891. The lowest BCUT2D eigenvalue weighted by atomic mass is 10.00. The van der Waals surface area contributed by atoms with Crippen LogP contribution in [0.1, 0.15) is 25.0 Å². The second-order valence-corrected chi connectivity index (χ2v) is 8.16. The molecule has 3 aromatic rings. The van der Waals surface area contributed by atoms with Crippen LogP contribution in [0.3, 0.4) is 0 Å². The zero-order valence-corrected chi connectivity index (χ0v) is 17.3. The van der Waals surface area contributed by atoms with E-state index in [9.17, 15) is 4.79 Å². The van der Waals surface area contributed by atoms with Crippen molar-refractivity contribution in [1.29, 1.82) is 0 Å². The Labute approximate surface area is 174 Å². The van der Waals surface area contributed by atoms with E-state index >= 15 is 0 Å². The molecule has 150 valence electrons. The van der Waals surface area contributed by atoms with Gasteiger partial charge in [0.05, 0.1) is 11.9 Å². The number of rotatable bonds is 6. The highest BCUT2D eigenvalue weighted by Crippen LogP contribution is 2.29. The van der Waals surface area contributed by atoms with Crippen molar-refractivity contribution in [3.63, 3.8) is 0 Å². The first-order chi connectivity index (χ1) is 14.1. The molecule has 0 bridgehead atoms. The summed E-state index contributed by atoms with van der Waals surface area (Å²) in [5.74, 6) is 1.32. The van der Waals surface area contributed by atoms with E-state index in [0.717, 1.165) is 24.3 Å². The van der Waals surface area contributed by atoms with Gasteiger partial charge in [-0.3, -0.25) is 4.79 Å². The number of ether oxygens (including phenoxy) is 1. The number of nitrogens with zero attached hydrogens (tertiary/aromatic N) is 3. The number of fused-ring (bicyclic) bond motifs is 1. The third-order valence-corrected chi connectivity index (χ3v) is 5.81. The van der Waals surface area contributed by atoms with Crippen LogP contribution in [0.4, 0.5) is 0 Å². The van der Waals surface area contributed by atoms with Gasteiger partial charge in [0.25, 0.3) is 5.22 Å². The predicted octanol–water partition coefficient (Wildman–Crippen LogP) is 4.20. The molecule has 6 nitrogen and oxygen atoms in total. The Morgan fingerprint density at radius 1 is 1.17 bits per heavy atom. The molecule has 0 spiro atoms. The van der Waals surface area contributed by atoms with E-state index in [1.807, 2.05) is 55.1 Å². The highest BCUT2D eigenvalue weighted by atomic mass is 32.2. The molecule has 1 aliphatic heterocycles. The molecule has 0 saturated heterocycles. The molecule has 0 radical (unpaired) electrons. The fourth-order valence-corrected chi connectivity index (χ4v) is 4.14. The van der Waals surface area contributed by atoms with Gasteiger partial charge in [0.1, 0.15) is 5.75 Å². The molecule has 1 amide bonds. The predicted molar refractivity (Wildman–Crippen MR) is 112 cm³/mol. The molecule has 0 aliphatic carbocycles. The number of carbonyl (C=O) groups is 1. The van der Waals surface area contributed by atoms with Crippen molar-refractivity contribution >= 4 is 17.7 Å². The topological polar surface area (TPSA) is 68.5 Å². The summed E-state index contributed by atoms with van der Waals surface area (Å²) in [6, 6.07) is 15.8. The third kappa shape index (κ3) is 4.45. The Morgan fingerprint density at radius 3 is 2.69 bits per heavy atom. The molecule has 4 rings (SSSR count). The van der Waals surface area contributed by atoms with E-state index in [2.05, 4.69) is 22.3 Å². The zero-order chi connectivity index (χ0) is 20.2. The molecule has 0 N–H and O–H groups in total. The van der Waals surface area contributed by atoms with Gasteiger partial charge in [-0.2, -0.15) is 0 Å². The van der Waals surface area contributed by atoms with Gasteiger partial charge in [-0.1, -0.05) is 36.0 Å². The third-order valence-electron chi connectivity index (χ3n) is 4.89. The first kappa shape index (κ1) is 19.5. The number of benzene rings is 2. The minimum absolute atomic E-state index is 0.0883. The molecule has 0 unspecified atom stereocenters. The molecule has 0 saturated carbocycles. The first-order valence-corrected chi connectivity index (χ1v) is 10.6. The average Bonchev–Trinajstić information content (AvgIpc) is 3.22. The Morgan fingerprint density at radius 2 is 1.93 bits per heavy atom. The summed E-state index contributed by atoms with van der Waals surface area (Å²) in [7, 11) is 0. The summed E-state index contributed by atoms with van der Waals surface area (Å²) in [4.78, 5) is 14.8. The highest BCUT2D eigenvalue weighted by Gasteiger charge is 2.26. The maximum atomic E-state index is 12.9. The minimum atomic E-state index is -0.297. The van der Waals surface area contributed by atoms with Crippen molar-refractivity contribution in [2.45, 2.75) is 37.3 Å². The van der Waals surface area contributed by atoms with Gasteiger partial charge in [-0.05, 0) is 55.7 Å². The monoisotopic (exact) mass is 409 g/mol. The van der Waals surface area contributed by atoms with E-state index in [1.165, 1.54) is 22.9 Å². The van der Waals surface area contributed by atoms with Gasteiger partial charge < -0.3 is 14.1 Å². The molecule has 0 fully saturated rings. The molecule has 2 aromatic carbocycles. The molecule has 1 aromatic heterocycles. The van der Waals surface area contributed by atoms with Crippen molar-refractivity contribution in [2.75, 3.05) is 13.2 Å². The van der Waals surface area contributed by atoms with Gasteiger partial charge in [0.15, 0.2) is 0 Å². The molecule has 1 aliphatic rings. The number of thioether (sulfide) groups is 1. The van der Waals surface area contributed by atoms with E-state index in [1.54, 1.807) is 0 Å². The van der Waals surface area contributed by atoms with Crippen molar-refractivity contribution in [1.82, 2.24) is 15.1 Å². The van der Waals surface area contributed by atoms with Crippen LogP contribution in [-0.4, -0.2) is 39.4 Å². The lowest BCUT2D eigenvalue weighted by Crippen LogP contribution is -2.40. The lowest BCUT2D eigenvalue weighted by molar-refractivity contribution is -0.131. The molecular formula is C22H23N3O3S. The fourth-order valence-electron chi connectivity index (χ4n) is 3.38. The summed E-state index contributed by atoms with van der Waals surface area (Å²) < 4.78 is 11.2. The first-order valence-electron chi connectivity index (χ1n) is 9.73. The molecule has 7 heteroatoms. The van der Waals surface area contributed by atoms with Crippen LogP contribution in [0.15, 0.2) is 58.2 Å². The van der Waals surface area contributed by atoms with Crippen LogP contribution in [0.2, 0.25) is 0 Å². The molecule has 2 heterocycles. The van der Waals surface area contributed by atoms with Crippen molar-refractivity contribution in [3.8, 4) is 17.2 Å². The Kier molecular flexibility index (Phi) is 5.85. The fraction of sp³-hybridized carbons (Fsp3) is 0.318. The lowest BCUT2D eigenvalue weighted by Gasteiger charge is -2.30. The van der Waals surface area contributed by atoms with Gasteiger partial charge in [-0.25, -0.2) is 0 Å². The Bertz CT molecular complexity index is 987. The largest absolute Gasteiger partial charge is 0.494 e. The van der Waals surface area contributed by atoms with Crippen LogP contribution < -0.4 is 4.74 Å². The Balaban J connectivity index is 1.39. The van der Waals surface area contributed by atoms with Crippen molar-refractivity contribution < 1.29 is 13.9 Å². The number of amides is 1. The van der Waals surface area contributed by atoms with Crippen molar-refractivity contribution in [3.05, 3.63) is 59.7 Å². The Hall–Kier alpha value is -2.80. The maximum absolute atomic E-state index is 12.9. The summed E-state index contributed by atoms with van der Waals surface area (Å²) in [5, 5.41) is 8.31. The highest BCUT2D eigenvalue weighted by molar-refractivity contribution is 8.00. The van der Waals surface area contributed by atoms with E-state index < -0.39 is 0 Å². The van der Waals surface area contributed by atoms with Crippen LogP contribution in [-0.2, 0) is 17.8 Å². The number of hydrogen-bond acceptors (Lipinski definition) is 6. The number of carbonyl (C=O) groups excluding carboxylic acids is 1. The quantitative estimate of drug-likeness (QED) is 0.569. The van der Waals surface area contributed by atoms with Crippen LogP contribution in [0, 0.1) is 0 Å². The summed E-state index contributed by atoms with van der Waals surface area (Å²) in [6.45, 7) is 5.84. The van der Waals surface area contributed by atoms with Gasteiger partial charge >= 0.3 is 0 Å². The van der Waals surface area contributed by atoms with Gasteiger partial charge in [-0.15, -0.1) is 10.2 Å². The molecular weight excluding hydrogens is 386 g/mol. The van der Waals surface area contributed by atoms with Crippen LogP contribution >= 0.6 is 11.8 Å². The number of aromatic nitrogens is 2. The zero-order valence-electron chi connectivity index (χ0n) is 16.5. The van der Waals surface area contributed by atoms with E-state index in [4.69, 9.17) is 9.15 Å². The number of hydrogen-bond donors (Lipinski definition) is 0. The summed E-state index contributed by atoms with van der Waals surface area (Å²) >= 11 is 1.30. The second-order valence-electron chi connectivity index (χ2n) is 6.87. The normalized spacial score (nSPS) is 14.3. The van der Waals surface area contributed by atoms with E-state index in [-0.39, 0.29) is 11.2 Å². The molecule has 29 heavy (non-hydrogen) atoms. The van der Waals surface area contributed by atoms with E-state index in [0.29, 0.717) is 24.3 Å².